The average molecular weight is 289 g/mol. The summed E-state index contributed by atoms with van der Waals surface area (Å²) in [4.78, 5) is 2.49. The van der Waals surface area contributed by atoms with Crippen LogP contribution in [0.5, 0.6) is 5.88 Å². The van der Waals surface area contributed by atoms with Crippen molar-refractivity contribution in [2.75, 3.05) is 27.2 Å². The molecule has 6 heteroatoms. The molecule has 1 N–H and O–H groups in total. The highest BCUT2D eigenvalue weighted by atomic mass is 35.5. The Labute approximate surface area is 121 Å². The van der Waals surface area contributed by atoms with Crippen LogP contribution in [0.15, 0.2) is 0 Å². The Morgan fingerprint density at radius 1 is 1.37 bits per heavy atom. The van der Waals surface area contributed by atoms with E-state index in [4.69, 9.17) is 4.74 Å². The summed E-state index contributed by atoms with van der Waals surface area (Å²) in [6, 6.07) is 0.679. The molecule has 0 aromatic carbocycles. The van der Waals surface area contributed by atoms with Gasteiger partial charge in [-0.2, -0.15) is 5.10 Å². The lowest BCUT2D eigenvalue weighted by Gasteiger charge is -2.31. The molecule has 2 rings (SSSR count). The van der Waals surface area contributed by atoms with Crippen molar-refractivity contribution in [3.63, 3.8) is 0 Å². The van der Waals surface area contributed by atoms with Crippen molar-refractivity contribution >= 4 is 12.4 Å². The zero-order chi connectivity index (χ0) is 13.1. The molecule has 0 saturated carbocycles. The first-order valence-corrected chi connectivity index (χ1v) is 6.61. The molecule has 1 aliphatic rings. The van der Waals surface area contributed by atoms with Gasteiger partial charge in [-0.05, 0) is 39.9 Å². The first kappa shape index (κ1) is 16.3. The number of ether oxygens (including phenoxy) is 1. The maximum Gasteiger partial charge on any atom is 0.216 e. The molecular formula is C13H25ClN4O. The van der Waals surface area contributed by atoms with Crippen LogP contribution in [0.1, 0.15) is 24.1 Å². The number of hydrogen-bond acceptors (Lipinski definition) is 4. The van der Waals surface area contributed by atoms with Gasteiger partial charge in [0.15, 0.2) is 0 Å². The second kappa shape index (κ2) is 7.12. The van der Waals surface area contributed by atoms with Crippen LogP contribution in [0, 0.1) is 6.92 Å². The first-order chi connectivity index (χ1) is 8.65. The molecule has 0 atom stereocenters. The predicted molar refractivity (Wildman–Crippen MR) is 79.1 cm³/mol. The zero-order valence-corrected chi connectivity index (χ0v) is 13.1. The third-order valence-electron chi connectivity index (χ3n) is 3.86. The molecule has 2 heterocycles. The SMILES string of the molecule is CNC1CCN(Cc2c(C)nn(C)c2OC)CC1.Cl. The summed E-state index contributed by atoms with van der Waals surface area (Å²) in [6.07, 6.45) is 2.44. The van der Waals surface area contributed by atoms with E-state index in [-0.39, 0.29) is 12.4 Å². The van der Waals surface area contributed by atoms with E-state index in [1.807, 2.05) is 11.7 Å². The molecule has 1 aliphatic heterocycles. The average Bonchev–Trinajstić information content (AvgIpc) is 2.64. The minimum Gasteiger partial charge on any atom is -0.481 e. The number of aryl methyl sites for hydroxylation is 2. The Kier molecular flexibility index (Phi) is 6.10. The minimum absolute atomic E-state index is 0. The molecule has 0 spiro atoms. The molecule has 1 saturated heterocycles. The number of methoxy groups -OCH3 is 1. The van der Waals surface area contributed by atoms with E-state index in [1.165, 1.54) is 18.4 Å². The fourth-order valence-electron chi connectivity index (χ4n) is 2.72. The lowest BCUT2D eigenvalue weighted by molar-refractivity contribution is 0.192. The number of aromatic nitrogens is 2. The summed E-state index contributed by atoms with van der Waals surface area (Å²) in [5, 5.41) is 7.79. The van der Waals surface area contributed by atoms with Gasteiger partial charge in [0.2, 0.25) is 5.88 Å². The van der Waals surface area contributed by atoms with Crippen molar-refractivity contribution < 1.29 is 4.74 Å². The number of nitrogens with one attached hydrogen (secondary N) is 1. The fraction of sp³-hybridized carbons (Fsp3) is 0.769. The Morgan fingerprint density at radius 3 is 2.53 bits per heavy atom. The molecule has 1 fully saturated rings. The predicted octanol–water partition coefficient (Wildman–Crippen LogP) is 1.34. The van der Waals surface area contributed by atoms with Gasteiger partial charge in [-0.25, -0.2) is 4.68 Å². The van der Waals surface area contributed by atoms with Crippen molar-refractivity contribution in [1.82, 2.24) is 20.0 Å². The molecule has 1 aromatic heterocycles. The third kappa shape index (κ3) is 3.61. The van der Waals surface area contributed by atoms with E-state index in [0.29, 0.717) is 6.04 Å². The maximum atomic E-state index is 5.44. The normalized spacial score (nSPS) is 17.3. The number of piperidine rings is 1. The van der Waals surface area contributed by atoms with Crippen molar-refractivity contribution in [1.29, 1.82) is 0 Å². The highest BCUT2D eigenvalue weighted by Gasteiger charge is 2.21. The largest absolute Gasteiger partial charge is 0.481 e. The summed E-state index contributed by atoms with van der Waals surface area (Å²) in [7, 11) is 5.70. The Bertz CT molecular complexity index is 400. The summed E-state index contributed by atoms with van der Waals surface area (Å²) in [5.41, 5.74) is 2.30. The van der Waals surface area contributed by atoms with Crippen LogP contribution in [0.2, 0.25) is 0 Å². The van der Waals surface area contributed by atoms with Crippen LogP contribution in [0.3, 0.4) is 0 Å². The van der Waals surface area contributed by atoms with Crippen molar-refractivity contribution in [2.45, 2.75) is 32.4 Å². The number of likely N-dealkylation sites (tertiary alicyclic amines) is 1. The molecule has 19 heavy (non-hydrogen) atoms. The van der Waals surface area contributed by atoms with Gasteiger partial charge in [-0.1, -0.05) is 0 Å². The lowest BCUT2D eigenvalue weighted by atomic mass is 10.0. The zero-order valence-electron chi connectivity index (χ0n) is 12.3. The second-order valence-corrected chi connectivity index (χ2v) is 5.04. The second-order valence-electron chi connectivity index (χ2n) is 5.04. The van der Waals surface area contributed by atoms with E-state index in [9.17, 15) is 0 Å². The highest BCUT2D eigenvalue weighted by molar-refractivity contribution is 5.85. The van der Waals surface area contributed by atoms with Crippen LogP contribution in [-0.2, 0) is 13.6 Å². The minimum atomic E-state index is 0. The van der Waals surface area contributed by atoms with Gasteiger partial charge in [-0.3, -0.25) is 4.90 Å². The van der Waals surface area contributed by atoms with Gasteiger partial charge < -0.3 is 10.1 Å². The molecule has 0 aliphatic carbocycles. The fourth-order valence-corrected chi connectivity index (χ4v) is 2.72. The van der Waals surface area contributed by atoms with Crippen LogP contribution in [-0.4, -0.2) is 48.0 Å². The lowest BCUT2D eigenvalue weighted by Crippen LogP contribution is -2.40. The highest BCUT2D eigenvalue weighted by Crippen LogP contribution is 2.24. The van der Waals surface area contributed by atoms with Crippen LogP contribution < -0.4 is 10.1 Å². The molecule has 0 bridgehead atoms. The molecule has 0 amide bonds. The van der Waals surface area contributed by atoms with Gasteiger partial charge in [0.1, 0.15) is 0 Å². The standard InChI is InChI=1S/C13H24N4O.ClH/c1-10-12(13(18-4)16(3)15-10)9-17-7-5-11(14-2)6-8-17;/h11,14H,5-9H2,1-4H3;1H. The van der Waals surface area contributed by atoms with Crippen molar-refractivity contribution in [3.05, 3.63) is 11.3 Å². The summed E-state index contributed by atoms with van der Waals surface area (Å²) >= 11 is 0. The maximum absolute atomic E-state index is 5.44. The van der Waals surface area contributed by atoms with Gasteiger partial charge in [0, 0.05) is 19.6 Å². The topological polar surface area (TPSA) is 42.3 Å². The third-order valence-corrected chi connectivity index (χ3v) is 3.86. The number of nitrogens with zero attached hydrogens (tertiary/aromatic N) is 3. The number of rotatable bonds is 4. The molecular weight excluding hydrogens is 264 g/mol. The van der Waals surface area contributed by atoms with E-state index in [0.717, 1.165) is 31.2 Å². The molecule has 0 unspecified atom stereocenters. The van der Waals surface area contributed by atoms with Gasteiger partial charge in [-0.15, -0.1) is 12.4 Å². The van der Waals surface area contributed by atoms with E-state index >= 15 is 0 Å². The first-order valence-electron chi connectivity index (χ1n) is 6.61. The molecule has 110 valence electrons. The Hall–Kier alpha value is -0.780. The van der Waals surface area contributed by atoms with Crippen molar-refractivity contribution in [3.8, 4) is 5.88 Å². The van der Waals surface area contributed by atoms with E-state index in [1.54, 1.807) is 7.11 Å². The van der Waals surface area contributed by atoms with Crippen LogP contribution >= 0.6 is 12.4 Å². The summed E-state index contributed by atoms with van der Waals surface area (Å²) in [5.74, 6) is 0.892. The van der Waals surface area contributed by atoms with E-state index < -0.39 is 0 Å². The summed E-state index contributed by atoms with van der Waals surface area (Å²) in [6.45, 7) is 5.28. The monoisotopic (exact) mass is 288 g/mol. The Morgan fingerprint density at radius 2 is 2.00 bits per heavy atom. The molecule has 5 nitrogen and oxygen atoms in total. The Balaban J connectivity index is 0.00000180. The molecule has 1 aromatic rings. The number of hydrogen-bond donors (Lipinski definition) is 1. The quantitative estimate of drug-likeness (QED) is 0.908. The van der Waals surface area contributed by atoms with E-state index in [2.05, 4.69) is 29.3 Å². The van der Waals surface area contributed by atoms with Gasteiger partial charge in [0.05, 0.1) is 18.4 Å². The van der Waals surface area contributed by atoms with Gasteiger partial charge >= 0.3 is 0 Å². The van der Waals surface area contributed by atoms with Crippen molar-refractivity contribution in [2.24, 2.45) is 7.05 Å². The van der Waals surface area contributed by atoms with Gasteiger partial charge in [0.25, 0.3) is 0 Å². The van der Waals surface area contributed by atoms with Crippen LogP contribution in [0.4, 0.5) is 0 Å². The molecule has 0 radical (unpaired) electrons. The smallest absolute Gasteiger partial charge is 0.216 e. The number of halogens is 1. The summed E-state index contributed by atoms with van der Waals surface area (Å²) < 4.78 is 7.27. The van der Waals surface area contributed by atoms with Crippen LogP contribution in [0.25, 0.3) is 0 Å².